The van der Waals surface area contributed by atoms with Crippen molar-refractivity contribution in [1.82, 2.24) is 9.97 Å². The highest BCUT2D eigenvalue weighted by atomic mass is 16.5. The molecule has 3 nitrogen and oxygen atoms in total. The maximum atomic E-state index is 5.85. The van der Waals surface area contributed by atoms with Gasteiger partial charge in [0, 0.05) is 0 Å². The molecule has 0 aliphatic rings. The number of aryl methyl sites for hydroxylation is 1. The SMILES string of the molecule is CC(C)c1ccc(CCCOc2ncnc3ccccc23)cc1. The predicted octanol–water partition coefficient (Wildman–Crippen LogP) is 4.76. The summed E-state index contributed by atoms with van der Waals surface area (Å²) in [5.41, 5.74) is 3.66. The van der Waals surface area contributed by atoms with E-state index in [0.29, 0.717) is 18.4 Å². The Balaban J connectivity index is 1.55. The van der Waals surface area contributed by atoms with Crippen LogP contribution in [-0.4, -0.2) is 16.6 Å². The zero-order chi connectivity index (χ0) is 16.1. The molecule has 0 fully saturated rings. The molecule has 0 bridgehead atoms. The molecule has 1 aromatic heterocycles. The zero-order valence-corrected chi connectivity index (χ0v) is 13.7. The number of nitrogens with zero attached hydrogens (tertiary/aromatic N) is 2. The molecule has 3 heteroatoms. The lowest BCUT2D eigenvalue weighted by atomic mass is 10.0. The van der Waals surface area contributed by atoms with Gasteiger partial charge in [0.2, 0.25) is 5.88 Å². The first-order chi connectivity index (χ1) is 11.2. The van der Waals surface area contributed by atoms with Gasteiger partial charge in [-0.25, -0.2) is 9.97 Å². The van der Waals surface area contributed by atoms with Crippen LogP contribution in [0.4, 0.5) is 0 Å². The van der Waals surface area contributed by atoms with E-state index in [1.165, 1.54) is 11.1 Å². The second kappa shape index (κ2) is 7.23. The van der Waals surface area contributed by atoms with E-state index in [1.807, 2.05) is 24.3 Å². The number of fused-ring (bicyclic) bond motifs is 1. The third-order valence-electron chi connectivity index (χ3n) is 4.00. The monoisotopic (exact) mass is 306 g/mol. The molecule has 118 valence electrons. The quantitative estimate of drug-likeness (QED) is 0.616. The van der Waals surface area contributed by atoms with Crippen molar-refractivity contribution in [3.05, 3.63) is 66.0 Å². The third-order valence-corrected chi connectivity index (χ3v) is 4.00. The summed E-state index contributed by atoms with van der Waals surface area (Å²) in [5, 5.41) is 0.969. The summed E-state index contributed by atoms with van der Waals surface area (Å²) >= 11 is 0. The topological polar surface area (TPSA) is 35.0 Å². The first-order valence-electron chi connectivity index (χ1n) is 8.15. The number of ether oxygens (including phenoxy) is 1. The molecular formula is C20H22N2O. The molecule has 2 aromatic carbocycles. The number of hydrogen-bond acceptors (Lipinski definition) is 3. The zero-order valence-electron chi connectivity index (χ0n) is 13.7. The average Bonchev–Trinajstić information content (AvgIpc) is 2.59. The number of benzene rings is 2. The molecule has 0 atom stereocenters. The standard InChI is InChI=1S/C20H22N2O/c1-15(2)17-11-9-16(10-12-17)6-5-13-23-20-18-7-3-4-8-19(18)21-14-22-20/h3-4,7-12,14-15H,5-6,13H2,1-2H3. The van der Waals surface area contributed by atoms with E-state index in [4.69, 9.17) is 4.74 Å². The minimum absolute atomic E-state index is 0.582. The minimum atomic E-state index is 0.582. The molecule has 0 saturated carbocycles. The summed E-state index contributed by atoms with van der Waals surface area (Å²) in [7, 11) is 0. The smallest absolute Gasteiger partial charge is 0.224 e. The van der Waals surface area contributed by atoms with Crippen molar-refractivity contribution in [2.75, 3.05) is 6.61 Å². The van der Waals surface area contributed by atoms with Crippen LogP contribution in [0.3, 0.4) is 0 Å². The Labute approximate surface area is 137 Å². The van der Waals surface area contributed by atoms with Crippen molar-refractivity contribution in [1.29, 1.82) is 0 Å². The maximum absolute atomic E-state index is 5.85. The molecule has 0 aliphatic carbocycles. The number of hydrogen-bond donors (Lipinski definition) is 0. The maximum Gasteiger partial charge on any atom is 0.224 e. The van der Waals surface area contributed by atoms with E-state index in [2.05, 4.69) is 48.1 Å². The van der Waals surface area contributed by atoms with Crippen molar-refractivity contribution < 1.29 is 4.74 Å². The second-order valence-corrected chi connectivity index (χ2v) is 6.04. The van der Waals surface area contributed by atoms with Crippen LogP contribution in [-0.2, 0) is 6.42 Å². The van der Waals surface area contributed by atoms with Gasteiger partial charge >= 0.3 is 0 Å². The molecule has 0 radical (unpaired) electrons. The summed E-state index contributed by atoms with van der Waals surface area (Å²) in [6.45, 7) is 5.09. The van der Waals surface area contributed by atoms with Crippen LogP contribution in [0.25, 0.3) is 10.9 Å². The van der Waals surface area contributed by atoms with Crippen LogP contribution < -0.4 is 4.74 Å². The summed E-state index contributed by atoms with van der Waals surface area (Å²) in [6, 6.07) is 16.8. The van der Waals surface area contributed by atoms with E-state index in [1.54, 1.807) is 6.33 Å². The molecule has 23 heavy (non-hydrogen) atoms. The van der Waals surface area contributed by atoms with Gasteiger partial charge in [-0.05, 0) is 42.0 Å². The predicted molar refractivity (Wildman–Crippen MR) is 93.9 cm³/mol. The van der Waals surface area contributed by atoms with Crippen LogP contribution in [0.15, 0.2) is 54.9 Å². The summed E-state index contributed by atoms with van der Waals surface area (Å²) in [5.74, 6) is 1.25. The van der Waals surface area contributed by atoms with Crippen LogP contribution in [0, 0.1) is 0 Å². The highest BCUT2D eigenvalue weighted by Gasteiger charge is 2.04. The average molecular weight is 306 g/mol. The van der Waals surface area contributed by atoms with Gasteiger partial charge in [-0.1, -0.05) is 50.2 Å². The van der Waals surface area contributed by atoms with Crippen LogP contribution in [0.1, 0.15) is 37.3 Å². The van der Waals surface area contributed by atoms with Crippen molar-refractivity contribution in [2.24, 2.45) is 0 Å². The summed E-state index contributed by atoms with van der Waals surface area (Å²) < 4.78 is 5.85. The normalized spacial score (nSPS) is 11.1. The summed E-state index contributed by atoms with van der Waals surface area (Å²) in [4.78, 5) is 8.50. The largest absolute Gasteiger partial charge is 0.477 e. The van der Waals surface area contributed by atoms with Crippen LogP contribution in [0.2, 0.25) is 0 Å². The molecule has 0 saturated heterocycles. The van der Waals surface area contributed by atoms with Crippen molar-refractivity contribution in [2.45, 2.75) is 32.6 Å². The fourth-order valence-electron chi connectivity index (χ4n) is 2.61. The Morgan fingerprint density at radius 2 is 1.74 bits per heavy atom. The lowest BCUT2D eigenvalue weighted by Crippen LogP contribution is -2.02. The Kier molecular flexibility index (Phi) is 4.86. The van der Waals surface area contributed by atoms with Gasteiger partial charge in [0.1, 0.15) is 6.33 Å². The molecular weight excluding hydrogens is 284 g/mol. The first kappa shape index (κ1) is 15.5. The van der Waals surface area contributed by atoms with Gasteiger partial charge in [0.25, 0.3) is 0 Å². The second-order valence-electron chi connectivity index (χ2n) is 6.04. The Morgan fingerprint density at radius 3 is 2.52 bits per heavy atom. The van der Waals surface area contributed by atoms with Crippen molar-refractivity contribution >= 4 is 10.9 Å². The molecule has 0 aliphatic heterocycles. The molecule has 0 unspecified atom stereocenters. The van der Waals surface area contributed by atoms with E-state index in [0.717, 1.165) is 23.7 Å². The lowest BCUT2D eigenvalue weighted by molar-refractivity contribution is 0.303. The Hall–Kier alpha value is -2.42. The number of rotatable bonds is 6. The summed E-state index contributed by atoms with van der Waals surface area (Å²) in [6.07, 6.45) is 3.54. The minimum Gasteiger partial charge on any atom is -0.477 e. The van der Waals surface area contributed by atoms with E-state index in [-0.39, 0.29) is 0 Å². The fraction of sp³-hybridized carbons (Fsp3) is 0.300. The highest BCUT2D eigenvalue weighted by Crippen LogP contribution is 2.21. The van der Waals surface area contributed by atoms with Gasteiger partial charge in [-0.15, -0.1) is 0 Å². The highest BCUT2D eigenvalue weighted by molar-refractivity contribution is 5.82. The Morgan fingerprint density at radius 1 is 0.957 bits per heavy atom. The molecule has 3 rings (SSSR count). The van der Waals surface area contributed by atoms with Crippen LogP contribution in [0.5, 0.6) is 5.88 Å². The van der Waals surface area contributed by atoms with E-state index >= 15 is 0 Å². The van der Waals surface area contributed by atoms with E-state index < -0.39 is 0 Å². The molecule has 0 N–H and O–H groups in total. The van der Waals surface area contributed by atoms with Gasteiger partial charge in [-0.2, -0.15) is 0 Å². The number of aromatic nitrogens is 2. The third kappa shape index (κ3) is 3.86. The van der Waals surface area contributed by atoms with Crippen molar-refractivity contribution in [3.63, 3.8) is 0 Å². The van der Waals surface area contributed by atoms with E-state index in [9.17, 15) is 0 Å². The molecule has 1 heterocycles. The molecule has 3 aromatic rings. The first-order valence-corrected chi connectivity index (χ1v) is 8.15. The van der Waals surface area contributed by atoms with Gasteiger partial charge in [-0.3, -0.25) is 0 Å². The van der Waals surface area contributed by atoms with Gasteiger partial charge in [0.05, 0.1) is 17.5 Å². The van der Waals surface area contributed by atoms with Gasteiger partial charge in [0.15, 0.2) is 0 Å². The molecule has 0 spiro atoms. The Bertz CT molecular complexity index is 761. The van der Waals surface area contributed by atoms with Gasteiger partial charge < -0.3 is 4.74 Å². The van der Waals surface area contributed by atoms with Crippen LogP contribution >= 0.6 is 0 Å². The molecule has 0 amide bonds. The van der Waals surface area contributed by atoms with Crippen molar-refractivity contribution in [3.8, 4) is 5.88 Å². The fourth-order valence-corrected chi connectivity index (χ4v) is 2.61. The lowest BCUT2D eigenvalue weighted by Gasteiger charge is -2.09. The number of para-hydroxylation sites is 1.